The molecule has 0 bridgehead atoms. The number of benzene rings is 2. The fourth-order valence-electron chi connectivity index (χ4n) is 3.88. The van der Waals surface area contributed by atoms with Gasteiger partial charge < -0.3 is 14.0 Å². The minimum Gasteiger partial charge on any atom is -0.497 e. The number of anilines is 1. The van der Waals surface area contributed by atoms with Crippen LogP contribution in [0.3, 0.4) is 0 Å². The van der Waals surface area contributed by atoms with Crippen molar-refractivity contribution >= 4 is 29.1 Å². The summed E-state index contributed by atoms with van der Waals surface area (Å²) in [6, 6.07) is 8.37. The van der Waals surface area contributed by atoms with Gasteiger partial charge in [-0.3, -0.25) is 14.6 Å². The first-order valence-electron chi connectivity index (χ1n) is 10.3. The summed E-state index contributed by atoms with van der Waals surface area (Å²) in [7, 11) is 3.09. The fraction of sp³-hybridized carbons (Fsp3) is 0.273. The lowest BCUT2D eigenvalue weighted by atomic mass is 10.1. The first-order valence-corrected chi connectivity index (χ1v) is 10.7. The molecule has 1 fully saturated rings. The Bertz CT molecular complexity index is 1320. The quantitative estimate of drug-likeness (QED) is 0.491. The average molecular weight is 483 g/mol. The van der Waals surface area contributed by atoms with Gasteiger partial charge in [0.1, 0.15) is 18.0 Å². The number of ether oxygens (including phenoxy) is 2. The van der Waals surface area contributed by atoms with Gasteiger partial charge in [-0.1, -0.05) is 28.0 Å². The van der Waals surface area contributed by atoms with Crippen molar-refractivity contribution in [3.05, 3.63) is 52.9 Å². The van der Waals surface area contributed by atoms with Gasteiger partial charge >= 0.3 is 0 Å². The number of fused-ring (bicyclic) bond motifs is 1. The molecule has 3 aromatic rings. The van der Waals surface area contributed by atoms with Crippen LogP contribution in [0.15, 0.2) is 51.3 Å². The summed E-state index contributed by atoms with van der Waals surface area (Å²) in [4.78, 5) is 31.6. The molecule has 0 radical (unpaired) electrons. The van der Waals surface area contributed by atoms with Gasteiger partial charge in [-0.15, -0.1) is 0 Å². The number of aromatic nitrogens is 2. The van der Waals surface area contributed by atoms with E-state index in [1.165, 1.54) is 12.1 Å². The Morgan fingerprint density at radius 1 is 1.09 bits per heavy atom. The number of carbonyl (C=O) groups is 2. The molecule has 1 saturated heterocycles. The van der Waals surface area contributed by atoms with Crippen LogP contribution in [0.5, 0.6) is 11.5 Å². The van der Waals surface area contributed by atoms with Crippen molar-refractivity contribution in [1.82, 2.24) is 15.1 Å². The molecule has 11 nitrogen and oxygen atoms in total. The highest BCUT2D eigenvalue weighted by Gasteiger charge is 2.55. The Morgan fingerprint density at radius 3 is 2.65 bits per heavy atom. The van der Waals surface area contributed by atoms with E-state index in [-0.39, 0.29) is 12.4 Å². The molecule has 2 aliphatic rings. The Kier molecular flexibility index (Phi) is 5.40. The molecule has 34 heavy (non-hydrogen) atoms. The van der Waals surface area contributed by atoms with Crippen molar-refractivity contribution in [3.63, 3.8) is 0 Å². The number of imide groups is 1. The number of hydrogen-bond donors (Lipinski definition) is 0. The Labute approximate surface area is 198 Å². The minimum atomic E-state index is -0.948. The molecule has 2 aromatic carbocycles. The average Bonchev–Trinajstić information content (AvgIpc) is 3.53. The maximum atomic E-state index is 13.2. The zero-order valence-electron chi connectivity index (χ0n) is 18.4. The molecular formula is C22H19ClN6O5. The van der Waals surface area contributed by atoms with Crippen LogP contribution >= 0.6 is 11.6 Å². The zero-order chi connectivity index (χ0) is 24.0. The highest BCUT2D eigenvalue weighted by molar-refractivity contribution is 6.32. The lowest BCUT2D eigenvalue weighted by molar-refractivity contribution is -0.123. The molecule has 5 rings (SSSR count). The van der Waals surface area contributed by atoms with Gasteiger partial charge in [0.05, 0.1) is 25.5 Å². The van der Waals surface area contributed by atoms with Crippen LogP contribution in [0.2, 0.25) is 5.02 Å². The smallest absolute Gasteiger partial charge is 0.263 e. The van der Waals surface area contributed by atoms with E-state index in [1.807, 2.05) is 6.92 Å². The van der Waals surface area contributed by atoms with E-state index in [2.05, 4.69) is 20.5 Å². The molecule has 0 aliphatic carbocycles. The van der Waals surface area contributed by atoms with Crippen LogP contribution in [-0.2, 0) is 16.1 Å². The molecule has 0 N–H and O–H groups in total. The van der Waals surface area contributed by atoms with Crippen molar-refractivity contribution < 1.29 is 23.6 Å². The highest BCUT2D eigenvalue weighted by Crippen LogP contribution is 2.35. The van der Waals surface area contributed by atoms with E-state index in [0.29, 0.717) is 33.6 Å². The maximum Gasteiger partial charge on any atom is 0.263 e. The molecule has 2 aliphatic heterocycles. The van der Waals surface area contributed by atoms with E-state index in [9.17, 15) is 9.59 Å². The molecule has 0 unspecified atom stereocenters. The third kappa shape index (κ3) is 3.54. The van der Waals surface area contributed by atoms with E-state index in [4.69, 9.17) is 25.6 Å². The molecule has 2 atom stereocenters. The van der Waals surface area contributed by atoms with Crippen LogP contribution in [0.4, 0.5) is 5.69 Å². The molecule has 174 valence electrons. The molecule has 1 aromatic heterocycles. The summed E-state index contributed by atoms with van der Waals surface area (Å²) in [6.45, 7) is 1.84. The van der Waals surface area contributed by atoms with Gasteiger partial charge in [0.2, 0.25) is 11.7 Å². The Balaban J connectivity index is 1.37. The van der Waals surface area contributed by atoms with Crippen LogP contribution in [-0.4, -0.2) is 53.3 Å². The molecule has 0 saturated carbocycles. The van der Waals surface area contributed by atoms with E-state index >= 15 is 0 Å². The number of hydrogen-bond acceptors (Lipinski definition) is 10. The summed E-state index contributed by atoms with van der Waals surface area (Å²) in [5.74, 6) is 0.719. The van der Waals surface area contributed by atoms with Gasteiger partial charge in [-0.05, 0) is 36.8 Å². The zero-order valence-corrected chi connectivity index (χ0v) is 19.2. The number of methoxy groups -OCH3 is 2. The van der Waals surface area contributed by atoms with Crippen molar-refractivity contribution in [2.45, 2.75) is 25.6 Å². The van der Waals surface area contributed by atoms with E-state index < -0.39 is 23.9 Å². The number of rotatable bonds is 6. The second-order valence-electron chi connectivity index (χ2n) is 7.72. The van der Waals surface area contributed by atoms with Crippen molar-refractivity contribution in [3.8, 4) is 22.9 Å². The molecule has 0 spiro atoms. The topological polar surface area (TPSA) is 123 Å². The maximum absolute atomic E-state index is 13.2. The van der Waals surface area contributed by atoms with E-state index in [1.54, 1.807) is 43.5 Å². The third-order valence-corrected chi connectivity index (χ3v) is 6.09. The molecule has 3 heterocycles. The number of nitrogens with zero attached hydrogens (tertiary/aromatic N) is 6. The lowest BCUT2D eigenvalue weighted by Gasteiger charge is -2.19. The Hall–Kier alpha value is -3.99. The predicted octanol–water partition coefficient (Wildman–Crippen LogP) is 3.21. The highest BCUT2D eigenvalue weighted by atomic mass is 35.5. The summed E-state index contributed by atoms with van der Waals surface area (Å²) >= 11 is 6.19. The van der Waals surface area contributed by atoms with Gasteiger partial charge in [-0.25, -0.2) is 4.90 Å². The summed E-state index contributed by atoms with van der Waals surface area (Å²) in [5.41, 5.74) is 1.84. The van der Waals surface area contributed by atoms with Gasteiger partial charge in [0, 0.05) is 11.1 Å². The van der Waals surface area contributed by atoms with Gasteiger partial charge in [0.25, 0.3) is 11.8 Å². The van der Waals surface area contributed by atoms with Crippen molar-refractivity contribution in [2.24, 2.45) is 10.3 Å². The van der Waals surface area contributed by atoms with E-state index in [0.717, 1.165) is 10.5 Å². The summed E-state index contributed by atoms with van der Waals surface area (Å²) < 4.78 is 16.0. The van der Waals surface area contributed by atoms with Crippen LogP contribution in [0, 0.1) is 6.92 Å². The second kappa shape index (κ2) is 8.41. The van der Waals surface area contributed by atoms with Gasteiger partial charge in [-0.2, -0.15) is 10.1 Å². The third-order valence-electron chi connectivity index (χ3n) is 5.69. The molecule has 2 amide bonds. The predicted molar refractivity (Wildman–Crippen MR) is 119 cm³/mol. The van der Waals surface area contributed by atoms with Crippen LogP contribution < -0.4 is 14.4 Å². The SMILES string of the molecule is COc1ccc(-c2noc(CN3N=N[C@@H]4C(=O)N(c5ccc(C)c(Cl)c5)C(=O)[C@H]43)n2)c(OC)c1. The van der Waals surface area contributed by atoms with Crippen LogP contribution in [0.25, 0.3) is 11.4 Å². The number of amides is 2. The number of carbonyl (C=O) groups excluding carboxylic acids is 2. The monoisotopic (exact) mass is 482 g/mol. The second-order valence-corrected chi connectivity index (χ2v) is 8.12. The van der Waals surface area contributed by atoms with Crippen molar-refractivity contribution in [1.29, 1.82) is 0 Å². The largest absolute Gasteiger partial charge is 0.497 e. The first-order chi connectivity index (χ1) is 16.4. The van der Waals surface area contributed by atoms with Crippen molar-refractivity contribution in [2.75, 3.05) is 19.1 Å². The summed E-state index contributed by atoms with van der Waals surface area (Å²) in [5, 5.41) is 13.9. The Morgan fingerprint density at radius 2 is 1.91 bits per heavy atom. The number of aryl methyl sites for hydroxylation is 1. The fourth-order valence-corrected chi connectivity index (χ4v) is 4.05. The molecular weight excluding hydrogens is 464 g/mol. The minimum absolute atomic E-state index is 0.00233. The van der Waals surface area contributed by atoms with Gasteiger partial charge in [0.15, 0.2) is 12.1 Å². The first kappa shape index (κ1) is 21.8. The summed E-state index contributed by atoms with van der Waals surface area (Å²) in [6.07, 6.45) is 0. The lowest BCUT2D eigenvalue weighted by Crippen LogP contribution is -2.39. The van der Waals surface area contributed by atoms with Crippen LogP contribution in [0.1, 0.15) is 11.5 Å². The molecule has 12 heteroatoms. The standard InChI is InChI=1S/C22H19ClN6O5/c1-11-4-5-12(8-15(11)23)29-21(30)18-19(22(29)31)28(27-25-18)10-17-24-20(26-34-17)14-7-6-13(32-2)9-16(14)33-3/h4-9,18-19H,10H2,1-3H3/t18-,19-/m0/s1. The number of halogens is 1. The normalized spacial score (nSPS) is 19.2.